The van der Waals surface area contributed by atoms with Gasteiger partial charge < -0.3 is 14.2 Å². The lowest BCUT2D eigenvalue weighted by molar-refractivity contribution is -0.117. The smallest absolute Gasteiger partial charge is 0.194 e. The minimum Gasteiger partial charge on any atom is -0.380 e. The molecule has 0 saturated carbocycles. The summed E-state index contributed by atoms with van der Waals surface area (Å²) < 4.78 is 35.5. The number of carbonyl (C=O) groups excluding carboxylic acids is 3. The van der Waals surface area contributed by atoms with Crippen molar-refractivity contribution < 1.29 is 28.6 Å². The maximum absolute atomic E-state index is 12.6. The maximum Gasteiger partial charge on any atom is 0.194 e. The Morgan fingerprint density at radius 3 is 0.952 bits per heavy atom. The van der Waals surface area contributed by atoms with E-state index in [1.807, 2.05) is 41.5 Å². The summed E-state index contributed by atoms with van der Waals surface area (Å²) >= 11 is 10.4. The van der Waals surface area contributed by atoms with Crippen LogP contribution in [0, 0.1) is 11.3 Å². The number of hydrogen-bond acceptors (Lipinski definition) is 18. The number of ether oxygens (including phenoxy) is 3. The third kappa shape index (κ3) is 33.4. The van der Waals surface area contributed by atoms with Crippen molar-refractivity contribution in [1.29, 1.82) is 0 Å². The minimum atomic E-state index is -0.801. The monoisotopic (exact) mass is 1340 g/mol. The van der Waals surface area contributed by atoms with Crippen LogP contribution in [0.15, 0.2) is 0 Å². The van der Waals surface area contributed by atoms with E-state index < -0.39 is 22.3 Å². The van der Waals surface area contributed by atoms with Gasteiger partial charge in [-0.1, -0.05) is 111 Å². The van der Waals surface area contributed by atoms with Crippen LogP contribution in [-0.2, 0) is 28.6 Å². The highest BCUT2D eigenvalue weighted by atomic mass is 32.7. The van der Waals surface area contributed by atoms with Crippen molar-refractivity contribution in [3.63, 3.8) is 0 Å². The molecular formula is C62H129N6O6P3S6. The lowest BCUT2D eigenvalue weighted by atomic mass is 10.00. The molecule has 0 spiro atoms. The zero-order valence-electron chi connectivity index (χ0n) is 58.2. The van der Waals surface area contributed by atoms with E-state index in [9.17, 15) is 14.4 Å². The molecule has 0 radical (unpaired) electrons. The predicted octanol–water partition coefficient (Wildman–Crippen LogP) is 18.8. The number of carbonyl (C=O) groups is 3. The second-order valence-corrected chi connectivity index (χ2v) is 41.9. The van der Waals surface area contributed by atoms with Gasteiger partial charge in [-0.3, -0.25) is 42.4 Å². The van der Waals surface area contributed by atoms with E-state index in [1.54, 1.807) is 0 Å². The minimum absolute atomic E-state index is 0.0102. The van der Waals surface area contributed by atoms with Gasteiger partial charge in [-0.2, -0.15) is 0 Å². The molecule has 0 N–H and O–H groups in total. The van der Waals surface area contributed by atoms with Crippen molar-refractivity contribution in [3.8, 4) is 0 Å². The van der Waals surface area contributed by atoms with Crippen molar-refractivity contribution in [2.45, 2.75) is 303 Å². The van der Waals surface area contributed by atoms with E-state index in [0.717, 1.165) is 42.9 Å². The average molecular weight is 1340 g/mol. The number of thioether (sulfide) groups is 3. The molecule has 0 aliphatic heterocycles. The molecule has 0 amide bonds. The van der Waals surface area contributed by atoms with Gasteiger partial charge in [0.15, 0.2) is 15.3 Å². The summed E-state index contributed by atoms with van der Waals surface area (Å²) in [6.45, 7) is 67.8. The molecule has 0 aliphatic carbocycles. The summed E-state index contributed by atoms with van der Waals surface area (Å²) in [6.07, 6.45) is 4.93. The third-order valence-corrected chi connectivity index (χ3v) is 33.8. The summed E-state index contributed by atoms with van der Waals surface area (Å²) in [6, 6.07) is 4.45. The summed E-state index contributed by atoms with van der Waals surface area (Å²) in [5, 5.41) is 0.671. The van der Waals surface area contributed by atoms with E-state index in [0.29, 0.717) is 130 Å². The first-order valence-electron chi connectivity index (χ1n) is 31.7. The highest BCUT2D eigenvalue weighted by Gasteiger charge is 2.40. The van der Waals surface area contributed by atoms with Crippen molar-refractivity contribution in [2.75, 3.05) is 68.4 Å². The van der Waals surface area contributed by atoms with Crippen molar-refractivity contribution >= 4 is 107 Å². The molecule has 0 fully saturated rings. The van der Waals surface area contributed by atoms with Crippen LogP contribution >= 0.6 is 91.7 Å². The van der Waals surface area contributed by atoms with Crippen LogP contribution < -0.4 is 0 Å². The Labute approximate surface area is 542 Å². The fourth-order valence-electron chi connectivity index (χ4n) is 9.94. The van der Waals surface area contributed by atoms with Crippen LogP contribution in [0.1, 0.15) is 226 Å². The van der Waals surface area contributed by atoms with E-state index in [4.69, 9.17) is 14.2 Å². The lowest BCUT2D eigenvalue weighted by Crippen LogP contribution is -2.45. The Morgan fingerprint density at radius 2 is 0.675 bits per heavy atom. The molecule has 12 nitrogen and oxygen atoms in total. The number of nitrogens with zero attached hydrogens (tertiary/aromatic N) is 6. The number of rotatable bonds is 47. The Morgan fingerprint density at radius 1 is 0.398 bits per heavy atom. The first-order valence-corrected chi connectivity index (χ1v) is 43.0. The zero-order chi connectivity index (χ0) is 64.1. The fourth-order valence-corrected chi connectivity index (χ4v) is 30.9. The Kier molecular flexibility index (Phi) is 45.7. The normalized spacial score (nSPS) is 15.9. The van der Waals surface area contributed by atoms with E-state index in [2.05, 4.69) is 214 Å². The summed E-state index contributed by atoms with van der Waals surface area (Å²) in [5.74, 6) is 4.12. The topological polar surface area (TPSA) is 98.3 Å². The molecule has 0 aromatic heterocycles. The average Bonchev–Trinajstić information content (AvgIpc) is 3.45. The van der Waals surface area contributed by atoms with Crippen LogP contribution in [0.4, 0.5) is 0 Å². The van der Waals surface area contributed by atoms with Crippen LogP contribution in [0.25, 0.3) is 0 Å². The first kappa shape index (κ1) is 85.0. The van der Waals surface area contributed by atoms with Crippen LogP contribution in [0.3, 0.4) is 0 Å². The molecule has 0 saturated heterocycles. The number of hydrogen-bond donors (Lipinski definition) is 0. The van der Waals surface area contributed by atoms with Gasteiger partial charge in [-0.15, -0.1) is 0 Å². The molecule has 0 rings (SSSR count). The summed E-state index contributed by atoms with van der Waals surface area (Å²) in [5.41, 5.74) is -0.337. The van der Waals surface area contributed by atoms with Gasteiger partial charge in [-0.05, 0) is 178 Å². The predicted molar refractivity (Wildman–Crippen MR) is 385 cm³/mol. The molecule has 21 heteroatoms. The quantitative estimate of drug-likeness (QED) is 0.0427. The summed E-state index contributed by atoms with van der Waals surface area (Å²) in [4.78, 5) is 37.2. The zero-order valence-corrected chi connectivity index (χ0v) is 65.8. The van der Waals surface area contributed by atoms with Crippen LogP contribution in [-0.4, -0.2) is 189 Å². The van der Waals surface area contributed by atoms with Gasteiger partial charge in [-0.25, -0.2) is 0 Å². The third-order valence-electron chi connectivity index (χ3n) is 13.7. The maximum atomic E-state index is 12.6. The van der Waals surface area contributed by atoms with E-state index in [1.165, 1.54) is 35.3 Å². The highest BCUT2D eigenvalue weighted by Crippen LogP contribution is 2.63. The molecule has 0 bridgehead atoms. The highest BCUT2D eigenvalue weighted by molar-refractivity contribution is 8.55. The molecule has 83 heavy (non-hydrogen) atoms. The van der Waals surface area contributed by atoms with Gasteiger partial charge >= 0.3 is 0 Å². The van der Waals surface area contributed by atoms with Gasteiger partial charge in [0, 0.05) is 124 Å². The Bertz CT molecular complexity index is 1720. The first-order chi connectivity index (χ1) is 38.5. The summed E-state index contributed by atoms with van der Waals surface area (Å²) in [7, 11) is -2.21. The second kappa shape index (κ2) is 44.6. The van der Waals surface area contributed by atoms with Gasteiger partial charge in [0.1, 0.15) is 22.3 Å². The van der Waals surface area contributed by atoms with Crippen molar-refractivity contribution in [1.82, 2.24) is 28.0 Å². The van der Waals surface area contributed by atoms with E-state index in [-0.39, 0.29) is 31.4 Å². The molecule has 7 atom stereocenters. The largest absolute Gasteiger partial charge is 0.380 e. The second-order valence-electron chi connectivity index (χ2n) is 26.4. The van der Waals surface area contributed by atoms with Gasteiger partial charge in [0.05, 0.1) is 39.6 Å². The fraction of sp³-hybridized carbons (Fsp3) is 0.952. The SMILES string of the molecule is CCC(=O)SCCOCCSP(N(C(C)C)C(C)CCC(C)N(C(C)C)P(SCCOCCSC(=O)C(C)(C)C)N(C(C)C)C(C)C)N(C(C)C)C(C)CCC(C)N(C(C)C)P(SCCOCC(C)(C)SC(=O)C(C)C)N(C(C)C)C(C)C. The van der Waals surface area contributed by atoms with Gasteiger partial charge in [0.25, 0.3) is 0 Å². The molecule has 0 aromatic rings. The Balaban J connectivity index is 6.94. The lowest BCUT2D eigenvalue weighted by Gasteiger charge is -2.49. The molecule has 0 aliphatic rings. The molecule has 0 aromatic carbocycles. The molecule has 7 unspecified atom stereocenters. The van der Waals surface area contributed by atoms with Crippen molar-refractivity contribution in [2.24, 2.45) is 11.3 Å². The molecule has 0 heterocycles. The molecule has 494 valence electrons. The standard InChI is InChI=1S/C62H129N6O6P3S6/c1-29-58(69)78-39-34-72-37-42-82-77(67(52(16)17)56(22)32-30-54(20)65(50(12)13)75(63(46(4)5)47(6)7)80-41-36-73-35-40-79-60(71)61(24,25)26)68(53(18)19)57(23)33-31-55(21)66(51(14)15)76(64(48(8)9)49(10)11)81-43-38-74-44-62(27,28)83-59(70)45(2)3/h45-57H,29-44H2,1-28H3. The Hall–Kier alpha value is 2.04. The molecular weight excluding hydrogens is 1210 g/mol. The van der Waals surface area contributed by atoms with Gasteiger partial charge in [0.2, 0.25) is 0 Å². The van der Waals surface area contributed by atoms with Crippen LogP contribution in [0.2, 0.25) is 0 Å². The van der Waals surface area contributed by atoms with E-state index >= 15 is 0 Å². The van der Waals surface area contributed by atoms with Crippen molar-refractivity contribution in [3.05, 3.63) is 0 Å². The van der Waals surface area contributed by atoms with Crippen LogP contribution in [0.5, 0.6) is 0 Å².